The Morgan fingerprint density at radius 2 is 2.10 bits per heavy atom. The number of carbonyl (C=O) groups is 2. The van der Waals surface area contributed by atoms with E-state index in [1.807, 2.05) is 26.0 Å². The van der Waals surface area contributed by atoms with Crippen LogP contribution in [0.3, 0.4) is 0 Å². The van der Waals surface area contributed by atoms with Crippen molar-refractivity contribution in [2.24, 2.45) is 0 Å². The smallest absolute Gasteiger partial charge is 0.326 e. The number of carbonyl (C=O) groups excluding carboxylic acids is 1. The molecule has 1 aromatic rings. The first-order chi connectivity index (χ1) is 9.47. The number of aliphatic carboxylic acids is 1. The molecule has 0 aromatic heterocycles. The molecule has 1 atom stereocenters. The van der Waals surface area contributed by atoms with E-state index in [2.05, 4.69) is 5.32 Å². The summed E-state index contributed by atoms with van der Waals surface area (Å²) in [6.07, 6.45) is 1.28. The lowest BCUT2D eigenvalue weighted by atomic mass is 10.1. The Hall–Kier alpha value is -2.04. The van der Waals surface area contributed by atoms with Gasteiger partial charge in [-0.2, -0.15) is 0 Å². The van der Waals surface area contributed by atoms with Crippen LogP contribution in [0.2, 0.25) is 0 Å². The van der Waals surface area contributed by atoms with Crippen molar-refractivity contribution in [3.8, 4) is 5.75 Å². The van der Waals surface area contributed by atoms with Crippen molar-refractivity contribution < 1.29 is 19.4 Å². The number of amides is 1. The summed E-state index contributed by atoms with van der Waals surface area (Å²) >= 11 is 0. The van der Waals surface area contributed by atoms with Gasteiger partial charge in [-0.1, -0.05) is 25.5 Å². The number of carboxylic acids is 1. The van der Waals surface area contributed by atoms with Gasteiger partial charge in [0.05, 0.1) is 13.5 Å². The molecule has 0 aliphatic heterocycles. The van der Waals surface area contributed by atoms with Gasteiger partial charge in [-0.3, -0.25) is 4.79 Å². The van der Waals surface area contributed by atoms with E-state index < -0.39 is 12.0 Å². The first-order valence-corrected chi connectivity index (χ1v) is 6.63. The van der Waals surface area contributed by atoms with E-state index in [0.29, 0.717) is 12.8 Å². The number of nitrogens with one attached hydrogen (secondary N) is 1. The van der Waals surface area contributed by atoms with E-state index in [-0.39, 0.29) is 12.3 Å². The lowest BCUT2D eigenvalue weighted by Gasteiger charge is -2.14. The molecule has 0 aliphatic rings. The van der Waals surface area contributed by atoms with Crippen LogP contribution in [0.4, 0.5) is 0 Å². The summed E-state index contributed by atoms with van der Waals surface area (Å²) < 4.78 is 5.20. The van der Waals surface area contributed by atoms with E-state index in [1.54, 1.807) is 13.2 Å². The fourth-order valence-electron chi connectivity index (χ4n) is 1.95. The molecule has 2 N–H and O–H groups in total. The number of carboxylic acid groups (broad SMARTS) is 1. The quantitative estimate of drug-likeness (QED) is 0.799. The van der Waals surface area contributed by atoms with Gasteiger partial charge in [-0.15, -0.1) is 0 Å². The number of aryl methyl sites for hydroxylation is 1. The number of benzene rings is 1. The van der Waals surface area contributed by atoms with Crippen molar-refractivity contribution in [3.63, 3.8) is 0 Å². The number of rotatable bonds is 7. The minimum atomic E-state index is -0.998. The third kappa shape index (κ3) is 4.57. The lowest BCUT2D eigenvalue weighted by Crippen LogP contribution is -2.41. The number of methoxy groups -OCH3 is 1. The second-order valence-electron chi connectivity index (χ2n) is 4.73. The predicted molar refractivity (Wildman–Crippen MR) is 75.9 cm³/mol. The average Bonchev–Trinajstić information content (AvgIpc) is 2.40. The summed E-state index contributed by atoms with van der Waals surface area (Å²) in [5.41, 5.74) is 1.79. The van der Waals surface area contributed by atoms with Gasteiger partial charge in [0, 0.05) is 0 Å². The second kappa shape index (κ2) is 7.53. The van der Waals surface area contributed by atoms with E-state index in [4.69, 9.17) is 9.84 Å². The van der Waals surface area contributed by atoms with Crippen LogP contribution in [0.1, 0.15) is 30.9 Å². The van der Waals surface area contributed by atoms with Crippen LogP contribution >= 0.6 is 0 Å². The molecular weight excluding hydrogens is 258 g/mol. The SMILES string of the molecule is CCCC(NC(=O)Cc1ccc(C)c(OC)c1)C(=O)O. The van der Waals surface area contributed by atoms with E-state index in [1.165, 1.54) is 0 Å². The molecule has 1 aromatic carbocycles. The molecule has 5 nitrogen and oxygen atoms in total. The van der Waals surface area contributed by atoms with Crippen molar-refractivity contribution in [1.82, 2.24) is 5.32 Å². The summed E-state index contributed by atoms with van der Waals surface area (Å²) in [5, 5.41) is 11.5. The third-order valence-electron chi connectivity index (χ3n) is 3.05. The highest BCUT2D eigenvalue weighted by molar-refractivity contribution is 5.84. The standard InChI is InChI=1S/C15H21NO4/c1-4-5-12(15(18)19)16-14(17)9-11-7-6-10(2)13(8-11)20-3/h6-8,12H,4-5,9H2,1-3H3,(H,16,17)(H,18,19). The van der Waals surface area contributed by atoms with Crippen LogP contribution < -0.4 is 10.1 Å². The summed E-state index contributed by atoms with van der Waals surface area (Å²) in [4.78, 5) is 22.9. The zero-order valence-electron chi connectivity index (χ0n) is 12.1. The molecular formula is C15H21NO4. The number of hydrogen-bond donors (Lipinski definition) is 2. The van der Waals surface area contributed by atoms with Gasteiger partial charge in [-0.05, 0) is 30.5 Å². The molecule has 20 heavy (non-hydrogen) atoms. The Labute approximate surface area is 118 Å². The second-order valence-corrected chi connectivity index (χ2v) is 4.73. The van der Waals surface area contributed by atoms with Crippen LogP contribution in [0.5, 0.6) is 5.75 Å². The Balaban J connectivity index is 2.68. The highest BCUT2D eigenvalue weighted by atomic mass is 16.5. The van der Waals surface area contributed by atoms with Crippen molar-refractivity contribution >= 4 is 11.9 Å². The lowest BCUT2D eigenvalue weighted by molar-refractivity contribution is -0.141. The molecule has 0 bridgehead atoms. The Kier molecular flexibility index (Phi) is 6.03. The van der Waals surface area contributed by atoms with Gasteiger partial charge >= 0.3 is 5.97 Å². The van der Waals surface area contributed by atoms with Gasteiger partial charge < -0.3 is 15.2 Å². The highest BCUT2D eigenvalue weighted by Gasteiger charge is 2.18. The normalized spacial score (nSPS) is 11.8. The molecule has 0 saturated heterocycles. The Morgan fingerprint density at radius 3 is 2.65 bits per heavy atom. The van der Waals surface area contributed by atoms with Gasteiger partial charge in [0.1, 0.15) is 11.8 Å². The van der Waals surface area contributed by atoms with Gasteiger partial charge in [0.25, 0.3) is 0 Å². The van der Waals surface area contributed by atoms with Crippen LogP contribution in [-0.2, 0) is 16.0 Å². The molecule has 0 radical (unpaired) electrons. The van der Waals surface area contributed by atoms with Crippen LogP contribution in [0.25, 0.3) is 0 Å². The molecule has 110 valence electrons. The van der Waals surface area contributed by atoms with E-state index >= 15 is 0 Å². The number of hydrogen-bond acceptors (Lipinski definition) is 3. The van der Waals surface area contributed by atoms with Crippen molar-refractivity contribution in [1.29, 1.82) is 0 Å². The third-order valence-corrected chi connectivity index (χ3v) is 3.05. The molecule has 5 heteroatoms. The fourth-order valence-corrected chi connectivity index (χ4v) is 1.95. The van der Waals surface area contributed by atoms with Gasteiger partial charge in [-0.25, -0.2) is 4.79 Å². The number of ether oxygens (including phenoxy) is 1. The van der Waals surface area contributed by atoms with Crippen molar-refractivity contribution in [2.45, 2.75) is 39.2 Å². The molecule has 0 spiro atoms. The summed E-state index contributed by atoms with van der Waals surface area (Å²) in [6.45, 7) is 3.80. The Morgan fingerprint density at radius 1 is 1.40 bits per heavy atom. The topological polar surface area (TPSA) is 75.6 Å². The zero-order chi connectivity index (χ0) is 15.1. The first kappa shape index (κ1) is 16.0. The van der Waals surface area contributed by atoms with Crippen molar-refractivity contribution in [2.75, 3.05) is 7.11 Å². The molecule has 1 rings (SSSR count). The van der Waals surface area contributed by atoms with Crippen molar-refractivity contribution in [3.05, 3.63) is 29.3 Å². The first-order valence-electron chi connectivity index (χ1n) is 6.63. The van der Waals surface area contributed by atoms with Crippen LogP contribution in [-0.4, -0.2) is 30.1 Å². The van der Waals surface area contributed by atoms with Crippen LogP contribution in [0.15, 0.2) is 18.2 Å². The summed E-state index contributed by atoms with van der Waals surface area (Å²) in [7, 11) is 1.58. The minimum Gasteiger partial charge on any atom is -0.496 e. The van der Waals surface area contributed by atoms with E-state index in [0.717, 1.165) is 16.9 Å². The molecule has 0 aliphatic carbocycles. The summed E-state index contributed by atoms with van der Waals surface area (Å²) in [6, 6.07) is 4.69. The maximum atomic E-state index is 11.9. The molecule has 0 saturated carbocycles. The maximum absolute atomic E-state index is 11.9. The highest BCUT2D eigenvalue weighted by Crippen LogP contribution is 2.19. The fraction of sp³-hybridized carbons (Fsp3) is 0.467. The van der Waals surface area contributed by atoms with E-state index in [9.17, 15) is 9.59 Å². The van der Waals surface area contributed by atoms with Crippen LogP contribution in [0, 0.1) is 6.92 Å². The average molecular weight is 279 g/mol. The van der Waals surface area contributed by atoms with Gasteiger partial charge in [0.2, 0.25) is 5.91 Å². The predicted octanol–water partition coefficient (Wildman–Crippen LogP) is 1.92. The van der Waals surface area contributed by atoms with Gasteiger partial charge in [0.15, 0.2) is 0 Å². The Bertz CT molecular complexity index is 485. The minimum absolute atomic E-state index is 0.143. The molecule has 1 amide bonds. The zero-order valence-corrected chi connectivity index (χ0v) is 12.1. The monoisotopic (exact) mass is 279 g/mol. The largest absolute Gasteiger partial charge is 0.496 e. The molecule has 1 unspecified atom stereocenters. The molecule has 0 fully saturated rings. The maximum Gasteiger partial charge on any atom is 0.326 e. The summed E-state index contributed by atoms with van der Waals surface area (Å²) in [5.74, 6) is -0.572. The molecule has 0 heterocycles.